The van der Waals surface area contributed by atoms with Gasteiger partial charge in [-0.25, -0.2) is 0 Å². The molecule has 16 heavy (non-hydrogen) atoms. The van der Waals surface area contributed by atoms with Gasteiger partial charge in [0.2, 0.25) is 0 Å². The van der Waals surface area contributed by atoms with Crippen LogP contribution in [0.5, 0.6) is 0 Å². The molecule has 0 amide bonds. The highest BCUT2D eigenvalue weighted by Gasteiger charge is 2.24. The molecule has 3 N–H and O–H groups in total. The molecule has 1 aliphatic rings. The molecule has 0 radical (unpaired) electrons. The Bertz CT molecular complexity index is 365. The van der Waals surface area contributed by atoms with Gasteiger partial charge in [0.1, 0.15) is 0 Å². The van der Waals surface area contributed by atoms with Crippen molar-refractivity contribution in [2.45, 2.75) is 38.3 Å². The van der Waals surface area contributed by atoms with E-state index in [1.807, 2.05) is 6.07 Å². The van der Waals surface area contributed by atoms with Crippen molar-refractivity contribution in [2.75, 3.05) is 18.2 Å². The third-order valence-corrected chi connectivity index (χ3v) is 3.28. The number of methoxy groups -OCH3 is 1. The van der Waals surface area contributed by atoms with Gasteiger partial charge in [-0.05, 0) is 43.9 Å². The number of rotatable bonds is 3. The highest BCUT2D eigenvalue weighted by molar-refractivity contribution is 5.67. The largest absolute Gasteiger partial charge is 0.397 e. The molecule has 2 unspecified atom stereocenters. The summed E-state index contributed by atoms with van der Waals surface area (Å²) >= 11 is 0. The first-order chi connectivity index (χ1) is 7.69. The Balaban J connectivity index is 1.99. The smallest absolute Gasteiger partial charge is 0.0591 e. The molecule has 0 spiro atoms. The first kappa shape index (κ1) is 11.3. The minimum atomic E-state index is 0.407. The highest BCUT2D eigenvalue weighted by Crippen LogP contribution is 2.27. The van der Waals surface area contributed by atoms with Crippen LogP contribution in [0.25, 0.3) is 0 Å². The molecule has 1 saturated carbocycles. The average Bonchev–Trinajstić information content (AvgIpc) is 2.70. The fourth-order valence-corrected chi connectivity index (χ4v) is 2.32. The zero-order chi connectivity index (χ0) is 11.5. The normalized spacial score (nSPS) is 24.6. The summed E-state index contributed by atoms with van der Waals surface area (Å²) in [5.74, 6) is 0. The zero-order valence-electron chi connectivity index (χ0n) is 9.99. The van der Waals surface area contributed by atoms with Crippen LogP contribution in [-0.2, 0) is 4.74 Å². The summed E-state index contributed by atoms with van der Waals surface area (Å²) in [6, 6.07) is 6.65. The summed E-state index contributed by atoms with van der Waals surface area (Å²) in [7, 11) is 1.79. The molecule has 88 valence electrons. The number of nitrogens with one attached hydrogen (secondary N) is 1. The molecular weight excluding hydrogens is 200 g/mol. The minimum Gasteiger partial charge on any atom is -0.397 e. The monoisotopic (exact) mass is 220 g/mol. The van der Waals surface area contributed by atoms with Crippen molar-refractivity contribution >= 4 is 11.4 Å². The van der Waals surface area contributed by atoms with E-state index < -0.39 is 0 Å². The summed E-state index contributed by atoms with van der Waals surface area (Å²) < 4.78 is 5.36. The third kappa shape index (κ3) is 2.47. The van der Waals surface area contributed by atoms with Crippen molar-refractivity contribution in [2.24, 2.45) is 0 Å². The van der Waals surface area contributed by atoms with Crippen LogP contribution >= 0.6 is 0 Å². The summed E-state index contributed by atoms with van der Waals surface area (Å²) in [6.07, 6.45) is 3.78. The van der Waals surface area contributed by atoms with E-state index in [0.29, 0.717) is 12.1 Å². The molecule has 1 aromatic rings. The number of aryl methyl sites for hydroxylation is 1. The van der Waals surface area contributed by atoms with Gasteiger partial charge in [-0.1, -0.05) is 6.07 Å². The Kier molecular flexibility index (Phi) is 3.34. The second-order valence-electron chi connectivity index (χ2n) is 4.60. The first-order valence-corrected chi connectivity index (χ1v) is 5.84. The molecule has 2 rings (SSSR count). The number of anilines is 2. The Hall–Kier alpha value is -1.22. The van der Waals surface area contributed by atoms with E-state index in [9.17, 15) is 0 Å². The standard InChI is InChI=1S/C13H20N2O/c1-9-3-6-13(12(14)7-9)15-10-4-5-11(8-10)16-2/h3,6-7,10-11,15H,4-5,8,14H2,1-2H3. The SMILES string of the molecule is COC1CCC(Nc2ccc(C)cc2N)C1. The predicted molar refractivity (Wildman–Crippen MR) is 67.7 cm³/mol. The topological polar surface area (TPSA) is 47.3 Å². The molecule has 3 nitrogen and oxygen atoms in total. The molecule has 0 heterocycles. The lowest BCUT2D eigenvalue weighted by Crippen LogP contribution is -2.18. The molecule has 0 saturated heterocycles. The van der Waals surface area contributed by atoms with Gasteiger partial charge in [-0.2, -0.15) is 0 Å². The van der Waals surface area contributed by atoms with E-state index in [0.717, 1.165) is 30.6 Å². The second kappa shape index (κ2) is 4.74. The maximum absolute atomic E-state index is 5.97. The van der Waals surface area contributed by atoms with Crippen LogP contribution in [-0.4, -0.2) is 19.3 Å². The van der Waals surface area contributed by atoms with E-state index in [2.05, 4.69) is 24.4 Å². The van der Waals surface area contributed by atoms with Gasteiger partial charge in [0, 0.05) is 13.2 Å². The van der Waals surface area contributed by atoms with Crippen LogP contribution < -0.4 is 11.1 Å². The first-order valence-electron chi connectivity index (χ1n) is 5.84. The van der Waals surface area contributed by atoms with Crippen LogP contribution in [0.2, 0.25) is 0 Å². The lowest BCUT2D eigenvalue weighted by Gasteiger charge is -2.16. The van der Waals surface area contributed by atoms with Crippen molar-refractivity contribution in [1.29, 1.82) is 0 Å². The number of hydrogen-bond acceptors (Lipinski definition) is 3. The quantitative estimate of drug-likeness (QED) is 0.770. The lowest BCUT2D eigenvalue weighted by atomic mass is 10.1. The van der Waals surface area contributed by atoms with Crippen molar-refractivity contribution in [3.8, 4) is 0 Å². The van der Waals surface area contributed by atoms with Gasteiger partial charge in [0.05, 0.1) is 17.5 Å². The molecule has 0 aliphatic heterocycles. The lowest BCUT2D eigenvalue weighted by molar-refractivity contribution is 0.108. The van der Waals surface area contributed by atoms with Gasteiger partial charge in [-0.3, -0.25) is 0 Å². The van der Waals surface area contributed by atoms with Gasteiger partial charge in [-0.15, -0.1) is 0 Å². The fraction of sp³-hybridized carbons (Fsp3) is 0.538. The van der Waals surface area contributed by atoms with Crippen LogP contribution in [0.4, 0.5) is 11.4 Å². The van der Waals surface area contributed by atoms with Crippen LogP contribution in [0.3, 0.4) is 0 Å². The van der Waals surface area contributed by atoms with E-state index in [1.54, 1.807) is 7.11 Å². The zero-order valence-corrected chi connectivity index (χ0v) is 9.99. The summed E-state index contributed by atoms with van der Waals surface area (Å²) in [4.78, 5) is 0. The maximum atomic E-state index is 5.97. The Morgan fingerprint density at radius 3 is 2.81 bits per heavy atom. The summed E-state index contributed by atoms with van der Waals surface area (Å²) in [5.41, 5.74) is 9.05. The van der Waals surface area contributed by atoms with Gasteiger partial charge in [0.15, 0.2) is 0 Å². The van der Waals surface area contributed by atoms with Crippen molar-refractivity contribution < 1.29 is 4.74 Å². The van der Waals surface area contributed by atoms with Gasteiger partial charge < -0.3 is 15.8 Å². The fourth-order valence-electron chi connectivity index (χ4n) is 2.32. The molecule has 1 fully saturated rings. The molecule has 1 aromatic carbocycles. The number of nitrogen functional groups attached to an aromatic ring is 1. The maximum Gasteiger partial charge on any atom is 0.0591 e. The van der Waals surface area contributed by atoms with E-state index >= 15 is 0 Å². The van der Waals surface area contributed by atoms with Gasteiger partial charge >= 0.3 is 0 Å². The van der Waals surface area contributed by atoms with Crippen LogP contribution in [0.1, 0.15) is 24.8 Å². The molecule has 0 bridgehead atoms. The van der Waals surface area contributed by atoms with Crippen LogP contribution in [0, 0.1) is 6.92 Å². The molecule has 1 aliphatic carbocycles. The molecule has 0 aromatic heterocycles. The summed E-state index contributed by atoms with van der Waals surface area (Å²) in [5, 5.41) is 3.50. The molecular formula is C13H20N2O. The van der Waals surface area contributed by atoms with E-state index in [-0.39, 0.29) is 0 Å². The minimum absolute atomic E-state index is 0.407. The van der Waals surface area contributed by atoms with E-state index in [4.69, 9.17) is 10.5 Å². The van der Waals surface area contributed by atoms with Gasteiger partial charge in [0.25, 0.3) is 0 Å². The Labute approximate surface area is 97.0 Å². The predicted octanol–water partition coefficient (Wildman–Crippen LogP) is 2.56. The second-order valence-corrected chi connectivity index (χ2v) is 4.60. The number of hydrogen-bond donors (Lipinski definition) is 2. The van der Waals surface area contributed by atoms with Crippen molar-refractivity contribution in [3.63, 3.8) is 0 Å². The summed E-state index contributed by atoms with van der Waals surface area (Å²) in [6.45, 7) is 2.05. The van der Waals surface area contributed by atoms with Crippen molar-refractivity contribution in [1.82, 2.24) is 0 Å². The number of nitrogens with two attached hydrogens (primary N) is 1. The van der Waals surface area contributed by atoms with E-state index in [1.165, 1.54) is 5.56 Å². The molecule has 2 atom stereocenters. The number of benzene rings is 1. The molecule has 3 heteroatoms. The Morgan fingerprint density at radius 2 is 2.19 bits per heavy atom. The van der Waals surface area contributed by atoms with Crippen LogP contribution in [0.15, 0.2) is 18.2 Å². The Morgan fingerprint density at radius 1 is 1.38 bits per heavy atom. The highest BCUT2D eigenvalue weighted by atomic mass is 16.5. The average molecular weight is 220 g/mol. The number of ether oxygens (including phenoxy) is 1. The third-order valence-electron chi connectivity index (χ3n) is 3.28. The van der Waals surface area contributed by atoms with Crippen molar-refractivity contribution in [3.05, 3.63) is 23.8 Å².